The summed E-state index contributed by atoms with van der Waals surface area (Å²) in [4.78, 5) is 13.7. The smallest absolute Gasteiger partial charge is 0.227 e. The molecule has 0 aliphatic carbocycles. The van der Waals surface area contributed by atoms with Crippen molar-refractivity contribution in [2.45, 2.75) is 25.3 Å². The molecule has 1 aliphatic rings. The van der Waals surface area contributed by atoms with Crippen LogP contribution in [0.25, 0.3) is 0 Å². The van der Waals surface area contributed by atoms with Crippen LogP contribution in [-0.4, -0.2) is 37.0 Å². The molecule has 1 aliphatic heterocycles. The highest BCUT2D eigenvalue weighted by Crippen LogP contribution is 2.15. The minimum atomic E-state index is -0.534. The molecule has 6 heteroatoms. The molecule has 0 atom stereocenters. The lowest BCUT2D eigenvalue weighted by Crippen LogP contribution is -2.44. The average molecular weight is 305 g/mol. The summed E-state index contributed by atoms with van der Waals surface area (Å²) in [7, 11) is 1.73. The molecular weight excluding hydrogens is 286 g/mol. The first-order valence-electron chi connectivity index (χ1n) is 6.48. The Kier molecular flexibility index (Phi) is 6.36. The van der Waals surface area contributed by atoms with Crippen LogP contribution >= 0.6 is 12.4 Å². The predicted octanol–water partition coefficient (Wildman–Crippen LogP) is 2.14. The number of hydrogen-bond donors (Lipinski definition) is 1. The van der Waals surface area contributed by atoms with Crippen LogP contribution in [-0.2, 0) is 11.2 Å². The Morgan fingerprint density at radius 2 is 2.00 bits per heavy atom. The van der Waals surface area contributed by atoms with Crippen LogP contribution in [0.4, 0.5) is 8.78 Å². The number of hydrogen-bond acceptors (Lipinski definition) is 2. The van der Waals surface area contributed by atoms with E-state index in [1.165, 1.54) is 0 Å². The molecule has 0 radical (unpaired) electrons. The summed E-state index contributed by atoms with van der Waals surface area (Å²) in [5, 5.41) is 3.23. The van der Waals surface area contributed by atoms with Gasteiger partial charge in [0.15, 0.2) is 0 Å². The minimum Gasteiger partial charge on any atom is -0.342 e. The van der Waals surface area contributed by atoms with E-state index in [1.54, 1.807) is 11.9 Å². The Morgan fingerprint density at radius 3 is 2.65 bits per heavy atom. The Morgan fingerprint density at radius 1 is 1.35 bits per heavy atom. The molecule has 0 unspecified atom stereocenters. The zero-order valence-electron chi connectivity index (χ0n) is 11.4. The van der Waals surface area contributed by atoms with E-state index >= 15 is 0 Å². The molecule has 0 bridgehead atoms. The van der Waals surface area contributed by atoms with Crippen molar-refractivity contribution >= 4 is 18.3 Å². The molecule has 1 fully saturated rings. The Hall–Kier alpha value is -1.20. The van der Waals surface area contributed by atoms with Crippen molar-refractivity contribution in [3.8, 4) is 0 Å². The van der Waals surface area contributed by atoms with Gasteiger partial charge in [0.1, 0.15) is 11.6 Å². The molecule has 3 nitrogen and oxygen atoms in total. The maximum absolute atomic E-state index is 13.5. The van der Waals surface area contributed by atoms with Gasteiger partial charge in [0.05, 0.1) is 6.42 Å². The van der Waals surface area contributed by atoms with Crippen LogP contribution in [0, 0.1) is 11.6 Å². The normalized spacial score (nSPS) is 15.6. The number of nitrogens with one attached hydrogen (secondary N) is 1. The number of carbonyl (C=O) groups excluding carboxylic acids is 1. The SMILES string of the molecule is CN(C(=O)Cc1cc(F)ccc1F)C1CCNCC1.Cl. The number of likely N-dealkylation sites (N-methyl/N-ethyl adjacent to an activating group) is 1. The van der Waals surface area contributed by atoms with Crippen LogP contribution in [0.3, 0.4) is 0 Å². The maximum Gasteiger partial charge on any atom is 0.227 e. The molecule has 112 valence electrons. The number of benzene rings is 1. The van der Waals surface area contributed by atoms with E-state index in [0.717, 1.165) is 44.1 Å². The largest absolute Gasteiger partial charge is 0.342 e. The molecule has 1 aromatic carbocycles. The number of halogens is 3. The highest BCUT2D eigenvalue weighted by molar-refractivity contribution is 5.85. The second-order valence-electron chi connectivity index (χ2n) is 4.90. The number of carbonyl (C=O) groups is 1. The monoisotopic (exact) mass is 304 g/mol. The molecule has 0 spiro atoms. The maximum atomic E-state index is 13.5. The Balaban J connectivity index is 0.00000200. The number of nitrogens with zero attached hydrogens (tertiary/aromatic N) is 1. The lowest BCUT2D eigenvalue weighted by Gasteiger charge is -2.31. The molecule has 1 heterocycles. The lowest BCUT2D eigenvalue weighted by molar-refractivity contribution is -0.131. The van der Waals surface area contributed by atoms with Crippen LogP contribution in [0.2, 0.25) is 0 Å². The predicted molar refractivity (Wildman–Crippen MR) is 76.0 cm³/mol. The first-order chi connectivity index (χ1) is 9.08. The molecule has 1 N–H and O–H groups in total. The number of piperidine rings is 1. The Bertz CT molecular complexity index is 464. The van der Waals surface area contributed by atoms with Gasteiger partial charge in [-0.25, -0.2) is 8.78 Å². The van der Waals surface area contributed by atoms with Crippen molar-refractivity contribution in [3.05, 3.63) is 35.4 Å². The zero-order chi connectivity index (χ0) is 13.8. The van der Waals surface area contributed by atoms with Gasteiger partial charge in [0.2, 0.25) is 5.91 Å². The third-order valence-electron chi connectivity index (χ3n) is 3.60. The summed E-state index contributed by atoms with van der Waals surface area (Å²) in [5.74, 6) is -1.22. The molecule has 1 amide bonds. The topological polar surface area (TPSA) is 32.3 Å². The van der Waals surface area contributed by atoms with Crippen LogP contribution in [0.5, 0.6) is 0 Å². The van der Waals surface area contributed by atoms with Gasteiger partial charge in [-0.2, -0.15) is 0 Å². The first kappa shape index (κ1) is 16.9. The van der Waals surface area contributed by atoms with Crippen molar-refractivity contribution in [2.24, 2.45) is 0 Å². The van der Waals surface area contributed by atoms with E-state index in [2.05, 4.69) is 5.32 Å². The van der Waals surface area contributed by atoms with Gasteiger partial charge in [-0.3, -0.25) is 4.79 Å². The van der Waals surface area contributed by atoms with E-state index in [1.807, 2.05) is 0 Å². The van der Waals surface area contributed by atoms with Crippen LogP contribution in [0.1, 0.15) is 18.4 Å². The van der Waals surface area contributed by atoms with E-state index < -0.39 is 11.6 Å². The van der Waals surface area contributed by atoms with Gasteiger partial charge in [-0.05, 0) is 44.1 Å². The van der Waals surface area contributed by atoms with Gasteiger partial charge in [-0.1, -0.05) is 0 Å². The average Bonchev–Trinajstić information content (AvgIpc) is 2.43. The van der Waals surface area contributed by atoms with Crippen molar-refractivity contribution in [1.82, 2.24) is 10.2 Å². The van der Waals surface area contributed by atoms with Crippen LogP contribution < -0.4 is 5.32 Å². The van der Waals surface area contributed by atoms with Crippen molar-refractivity contribution in [1.29, 1.82) is 0 Å². The standard InChI is InChI=1S/C14H18F2N2O.ClH/c1-18(12-4-6-17-7-5-12)14(19)9-10-8-11(15)2-3-13(10)16;/h2-3,8,12,17H,4-7,9H2,1H3;1H. The van der Waals surface area contributed by atoms with Gasteiger partial charge in [0.25, 0.3) is 0 Å². The summed E-state index contributed by atoms with van der Waals surface area (Å²) in [6.07, 6.45) is 1.70. The molecule has 1 saturated heterocycles. The molecule has 0 saturated carbocycles. The Labute approximate surface area is 123 Å². The molecule has 20 heavy (non-hydrogen) atoms. The quantitative estimate of drug-likeness (QED) is 0.928. The summed E-state index contributed by atoms with van der Waals surface area (Å²) in [5.41, 5.74) is 0.116. The molecule has 2 rings (SSSR count). The van der Waals surface area contributed by atoms with Crippen molar-refractivity contribution < 1.29 is 13.6 Å². The van der Waals surface area contributed by atoms with E-state index in [-0.39, 0.29) is 36.3 Å². The highest BCUT2D eigenvalue weighted by atomic mass is 35.5. The van der Waals surface area contributed by atoms with Gasteiger partial charge >= 0.3 is 0 Å². The fraction of sp³-hybridized carbons (Fsp3) is 0.500. The minimum absolute atomic E-state index is 0. The summed E-state index contributed by atoms with van der Waals surface area (Å²) >= 11 is 0. The van der Waals surface area contributed by atoms with E-state index in [4.69, 9.17) is 0 Å². The first-order valence-corrected chi connectivity index (χ1v) is 6.48. The second-order valence-corrected chi connectivity index (χ2v) is 4.90. The molecule has 1 aromatic rings. The lowest BCUT2D eigenvalue weighted by atomic mass is 10.0. The molecular formula is C14H19ClF2N2O. The fourth-order valence-electron chi connectivity index (χ4n) is 2.36. The fourth-order valence-corrected chi connectivity index (χ4v) is 2.36. The van der Waals surface area contributed by atoms with Gasteiger partial charge in [-0.15, -0.1) is 12.4 Å². The van der Waals surface area contributed by atoms with Gasteiger partial charge < -0.3 is 10.2 Å². The van der Waals surface area contributed by atoms with E-state index in [9.17, 15) is 13.6 Å². The highest BCUT2D eigenvalue weighted by Gasteiger charge is 2.22. The van der Waals surface area contributed by atoms with Crippen molar-refractivity contribution in [2.75, 3.05) is 20.1 Å². The second kappa shape index (κ2) is 7.55. The third kappa shape index (κ3) is 4.15. The zero-order valence-corrected chi connectivity index (χ0v) is 12.2. The van der Waals surface area contributed by atoms with Gasteiger partial charge in [0, 0.05) is 18.7 Å². The summed E-state index contributed by atoms with van der Waals surface area (Å²) in [6, 6.07) is 3.39. The van der Waals surface area contributed by atoms with Crippen molar-refractivity contribution in [3.63, 3.8) is 0 Å². The third-order valence-corrected chi connectivity index (χ3v) is 3.60. The van der Waals surface area contributed by atoms with Crippen LogP contribution in [0.15, 0.2) is 18.2 Å². The summed E-state index contributed by atoms with van der Waals surface area (Å²) in [6.45, 7) is 1.77. The number of amides is 1. The molecule has 0 aromatic heterocycles. The number of rotatable bonds is 3. The summed E-state index contributed by atoms with van der Waals surface area (Å²) < 4.78 is 26.5. The van der Waals surface area contributed by atoms with E-state index in [0.29, 0.717) is 0 Å².